The van der Waals surface area contributed by atoms with E-state index in [1.165, 1.54) is 12.8 Å². The number of hydrogen-bond acceptors (Lipinski definition) is 3. The molecule has 0 unspecified atom stereocenters. The number of anilines is 1. The van der Waals surface area contributed by atoms with Crippen molar-refractivity contribution in [2.75, 3.05) is 25.5 Å². The average Bonchev–Trinajstić information content (AvgIpc) is 2.44. The van der Waals surface area contributed by atoms with Crippen LogP contribution in [0.15, 0.2) is 24.3 Å². The van der Waals surface area contributed by atoms with E-state index in [1.54, 1.807) is 0 Å². The van der Waals surface area contributed by atoms with Crippen molar-refractivity contribution in [2.24, 2.45) is 0 Å². The number of rotatable bonds is 9. The van der Waals surface area contributed by atoms with Gasteiger partial charge in [0.05, 0.1) is 11.8 Å². The monoisotopic (exact) mass is 292 g/mol. The van der Waals surface area contributed by atoms with Gasteiger partial charge in [0.2, 0.25) is 5.91 Å². The molecule has 1 aromatic rings. The van der Waals surface area contributed by atoms with Crippen LogP contribution in [-0.4, -0.2) is 37.0 Å². The maximum atomic E-state index is 12.0. The molecule has 21 heavy (non-hydrogen) atoms. The second-order valence-corrected chi connectivity index (χ2v) is 5.62. The van der Waals surface area contributed by atoms with Crippen molar-refractivity contribution in [3.05, 3.63) is 24.3 Å². The number of nitrogens with one attached hydrogen (secondary N) is 1. The Kier molecular flexibility index (Phi) is 7.83. The maximum absolute atomic E-state index is 12.0. The Balaban J connectivity index is 2.47. The summed E-state index contributed by atoms with van der Waals surface area (Å²) in [6, 6.07) is 7.56. The summed E-state index contributed by atoms with van der Waals surface area (Å²) >= 11 is 0. The van der Waals surface area contributed by atoms with Gasteiger partial charge < -0.3 is 15.0 Å². The third kappa shape index (κ3) is 7.14. The Morgan fingerprint density at radius 1 is 1.29 bits per heavy atom. The van der Waals surface area contributed by atoms with Crippen molar-refractivity contribution in [3.63, 3.8) is 0 Å². The highest BCUT2D eigenvalue weighted by Crippen LogP contribution is 2.24. The van der Waals surface area contributed by atoms with Crippen molar-refractivity contribution < 1.29 is 9.53 Å². The number of ether oxygens (including phenoxy) is 1. The standard InChI is InChI=1S/C17H28N2O2/c1-5-6-12-19(4)13-11-17(20)18-15-9-7-8-10-16(15)21-14(2)3/h7-10,14H,5-6,11-13H2,1-4H3,(H,18,20). The minimum absolute atomic E-state index is 0.0261. The zero-order valence-electron chi connectivity index (χ0n) is 13.7. The first-order chi connectivity index (χ1) is 10.0. The molecule has 0 aliphatic carbocycles. The van der Waals surface area contributed by atoms with Crippen LogP contribution in [0.25, 0.3) is 0 Å². The molecule has 0 spiro atoms. The zero-order chi connectivity index (χ0) is 15.7. The van der Waals surface area contributed by atoms with Gasteiger partial charge in [-0.15, -0.1) is 0 Å². The number of benzene rings is 1. The number of amides is 1. The quantitative estimate of drug-likeness (QED) is 0.757. The van der Waals surface area contributed by atoms with E-state index in [0.29, 0.717) is 6.42 Å². The topological polar surface area (TPSA) is 41.6 Å². The van der Waals surface area contributed by atoms with E-state index in [1.807, 2.05) is 38.1 Å². The van der Waals surface area contributed by atoms with Gasteiger partial charge in [0.1, 0.15) is 5.75 Å². The summed E-state index contributed by atoms with van der Waals surface area (Å²) in [7, 11) is 2.05. The van der Waals surface area contributed by atoms with Crippen LogP contribution in [0.2, 0.25) is 0 Å². The molecule has 4 nitrogen and oxygen atoms in total. The first-order valence-corrected chi connectivity index (χ1v) is 7.77. The number of carbonyl (C=O) groups excluding carboxylic acids is 1. The van der Waals surface area contributed by atoms with Crippen LogP contribution < -0.4 is 10.1 Å². The predicted octanol–water partition coefficient (Wildman–Crippen LogP) is 3.53. The zero-order valence-corrected chi connectivity index (χ0v) is 13.7. The summed E-state index contributed by atoms with van der Waals surface area (Å²) in [5.74, 6) is 0.748. The second-order valence-electron chi connectivity index (χ2n) is 5.62. The van der Waals surface area contributed by atoms with Gasteiger partial charge >= 0.3 is 0 Å². The maximum Gasteiger partial charge on any atom is 0.225 e. The average molecular weight is 292 g/mol. The number of para-hydroxylation sites is 2. The molecular formula is C17H28N2O2. The summed E-state index contributed by atoms with van der Waals surface area (Å²) < 4.78 is 5.70. The molecule has 0 atom stereocenters. The van der Waals surface area contributed by atoms with E-state index in [0.717, 1.165) is 24.5 Å². The van der Waals surface area contributed by atoms with Crippen LogP contribution in [0.1, 0.15) is 40.0 Å². The van der Waals surface area contributed by atoms with E-state index in [4.69, 9.17) is 4.74 Å². The fraction of sp³-hybridized carbons (Fsp3) is 0.588. The molecule has 0 radical (unpaired) electrons. The molecule has 0 aromatic heterocycles. The lowest BCUT2D eigenvalue weighted by Crippen LogP contribution is -2.25. The Labute approximate surface area is 128 Å². The molecule has 1 aromatic carbocycles. The minimum atomic E-state index is 0.0261. The summed E-state index contributed by atoms with van der Waals surface area (Å²) in [5, 5.41) is 2.94. The highest BCUT2D eigenvalue weighted by molar-refractivity contribution is 5.92. The highest BCUT2D eigenvalue weighted by atomic mass is 16.5. The van der Waals surface area contributed by atoms with Gasteiger partial charge in [-0.1, -0.05) is 25.5 Å². The first-order valence-electron chi connectivity index (χ1n) is 7.77. The highest BCUT2D eigenvalue weighted by Gasteiger charge is 2.09. The molecule has 0 saturated heterocycles. The fourth-order valence-electron chi connectivity index (χ4n) is 1.97. The summed E-state index contributed by atoms with van der Waals surface area (Å²) in [6.07, 6.45) is 2.93. The van der Waals surface area contributed by atoms with E-state index in [2.05, 4.69) is 24.2 Å². The third-order valence-corrected chi connectivity index (χ3v) is 3.14. The van der Waals surface area contributed by atoms with Crippen molar-refractivity contribution in [3.8, 4) is 5.75 Å². The molecule has 1 rings (SSSR count). The molecule has 0 bridgehead atoms. The lowest BCUT2D eigenvalue weighted by molar-refractivity contribution is -0.116. The molecule has 0 aliphatic heterocycles. The summed E-state index contributed by atoms with van der Waals surface area (Å²) in [5.41, 5.74) is 0.743. The molecule has 1 amide bonds. The van der Waals surface area contributed by atoms with Gasteiger partial charge in [-0.2, -0.15) is 0 Å². The first kappa shape index (κ1) is 17.5. The van der Waals surface area contributed by atoms with Gasteiger partial charge in [0.25, 0.3) is 0 Å². The van der Waals surface area contributed by atoms with Crippen LogP contribution in [0.3, 0.4) is 0 Å². The van der Waals surface area contributed by atoms with E-state index < -0.39 is 0 Å². The third-order valence-electron chi connectivity index (χ3n) is 3.14. The lowest BCUT2D eigenvalue weighted by atomic mass is 10.2. The van der Waals surface area contributed by atoms with E-state index >= 15 is 0 Å². The van der Waals surface area contributed by atoms with Gasteiger partial charge in [-0.05, 0) is 46.0 Å². The van der Waals surface area contributed by atoms with Crippen molar-refractivity contribution >= 4 is 11.6 Å². The van der Waals surface area contributed by atoms with Crippen molar-refractivity contribution in [1.29, 1.82) is 0 Å². The minimum Gasteiger partial charge on any atom is -0.489 e. The Morgan fingerprint density at radius 2 is 2.00 bits per heavy atom. The van der Waals surface area contributed by atoms with Crippen LogP contribution in [0.5, 0.6) is 5.75 Å². The molecule has 0 fully saturated rings. The Bertz CT molecular complexity index is 433. The molecule has 4 heteroatoms. The Hall–Kier alpha value is -1.55. The molecular weight excluding hydrogens is 264 g/mol. The van der Waals surface area contributed by atoms with Gasteiger partial charge in [0, 0.05) is 13.0 Å². The normalized spacial score (nSPS) is 11.0. The summed E-state index contributed by atoms with van der Waals surface area (Å²) in [6.45, 7) is 7.94. The molecule has 0 saturated carbocycles. The molecule has 1 N–H and O–H groups in total. The number of hydrogen-bond donors (Lipinski definition) is 1. The fourth-order valence-corrected chi connectivity index (χ4v) is 1.97. The smallest absolute Gasteiger partial charge is 0.225 e. The van der Waals surface area contributed by atoms with Crippen molar-refractivity contribution in [1.82, 2.24) is 4.90 Å². The second kappa shape index (κ2) is 9.40. The number of nitrogens with zero attached hydrogens (tertiary/aromatic N) is 1. The number of carbonyl (C=O) groups is 1. The van der Waals surface area contributed by atoms with E-state index in [-0.39, 0.29) is 12.0 Å². The van der Waals surface area contributed by atoms with Gasteiger partial charge in [-0.3, -0.25) is 4.79 Å². The molecule has 118 valence electrons. The SMILES string of the molecule is CCCCN(C)CCC(=O)Nc1ccccc1OC(C)C. The van der Waals surface area contributed by atoms with Crippen LogP contribution in [-0.2, 0) is 4.79 Å². The van der Waals surface area contributed by atoms with Gasteiger partial charge in [0.15, 0.2) is 0 Å². The predicted molar refractivity (Wildman–Crippen MR) is 87.9 cm³/mol. The van der Waals surface area contributed by atoms with Crippen LogP contribution in [0.4, 0.5) is 5.69 Å². The lowest BCUT2D eigenvalue weighted by Gasteiger charge is -2.17. The molecule has 0 aliphatic rings. The Morgan fingerprint density at radius 3 is 2.67 bits per heavy atom. The van der Waals surface area contributed by atoms with Gasteiger partial charge in [-0.25, -0.2) is 0 Å². The molecule has 0 heterocycles. The van der Waals surface area contributed by atoms with E-state index in [9.17, 15) is 4.79 Å². The number of unbranched alkanes of at least 4 members (excludes halogenated alkanes) is 1. The largest absolute Gasteiger partial charge is 0.489 e. The van der Waals surface area contributed by atoms with Crippen molar-refractivity contribution in [2.45, 2.75) is 46.1 Å². The van der Waals surface area contributed by atoms with Crippen LogP contribution in [0, 0.1) is 0 Å². The summed E-state index contributed by atoms with van der Waals surface area (Å²) in [4.78, 5) is 14.2. The van der Waals surface area contributed by atoms with Crippen LogP contribution >= 0.6 is 0 Å².